The van der Waals surface area contributed by atoms with E-state index in [2.05, 4.69) is 37.6 Å². The van der Waals surface area contributed by atoms with Gasteiger partial charge in [0.25, 0.3) is 0 Å². The maximum absolute atomic E-state index is 5.92. The minimum Gasteiger partial charge on any atom is -0.375 e. The molecule has 1 saturated heterocycles. The van der Waals surface area contributed by atoms with E-state index in [-0.39, 0.29) is 0 Å². The molecule has 1 aromatic rings. The molecule has 112 valence electrons. The normalized spacial score (nSPS) is 27.4. The quantitative estimate of drug-likeness (QED) is 0.817. The zero-order chi connectivity index (χ0) is 13.8. The van der Waals surface area contributed by atoms with Gasteiger partial charge >= 0.3 is 0 Å². The highest BCUT2D eigenvalue weighted by Gasteiger charge is 2.33. The van der Waals surface area contributed by atoms with Crippen LogP contribution in [0, 0.1) is 0 Å². The van der Waals surface area contributed by atoms with Crippen molar-refractivity contribution in [3.05, 3.63) is 20.8 Å². The number of thiophene rings is 1. The summed E-state index contributed by atoms with van der Waals surface area (Å²) >= 11 is 5.31. The maximum atomic E-state index is 5.92. The van der Waals surface area contributed by atoms with Crippen LogP contribution in [0.25, 0.3) is 0 Å². The predicted molar refractivity (Wildman–Crippen MR) is 87.3 cm³/mol. The van der Waals surface area contributed by atoms with Crippen LogP contribution in [0.3, 0.4) is 0 Å². The van der Waals surface area contributed by atoms with E-state index >= 15 is 0 Å². The van der Waals surface area contributed by atoms with Gasteiger partial charge in [0.1, 0.15) is 0 Å². The summed E-state index contributed by atoms with van der Waals surface area (Å²) in [5.41, 5.74) is 0. The molecule has 20 heavy (non-hydrogen) atoms. The lowest BCUT2D eigenvalue weighted by Gasteiger charge is -2.43. The molecule has 2 unspecified atom stereocenters. The molecule has 1 N–H and O–H groups in total. The standard InChI is InChI=1S/C15H23BrN2OS/c16-12-9-13(20-11-12)10-17-5-6-18-7-8-19-15-4-2-1-3-14(15)18/h9,11,14-15,17H,1-8,10H2. The highest BCUT2D eigenvalue weighted by Crippen LogP contribution is 2.28. The van der Waals surface area contributed by atoms with Crippen LogP contribution in [0.5, 0.6) is 0 Å². The Kier molecular flexibility index (Phi) is 5.51. The largest absolute Gasteiger partial charge is 0.375 e. The third-order valence-corrected chi connectivity index (χ3v) is 6.04. The number of hydrogen-bond donors (Lipinski definition) is 1. The van der Waals surface area contributed by atoms with Gasteiger partial charge in [-0.3, -0.25) is 4.90 Å². The number of halogens is 1. The van der Waals surface area contributed by atoms with Gasteiger partial charge in [-0.2, -0.15) is 0 Å². The Bertz CT molecular complexity index is 424. The van der Waals surface area contributed by atoms with Crippen molar-refractivity contribution in [1.82, 2.24) is 10.2 Å². The van der Waals surface area contributed by atoms with Crippen LogP contribution in [0.15, 0.2) is 15.9 Å². The molecule has 0 aromatic carbocycles. The number of nitrogens with zero attached hydrogens (tertiary/aromatic N) is 1. The second-order valence-corrected chi connectivity index (χ2v) is 7.62. The summed E-state index contributed by atoms with van der Waals surface area (Å²) in [6.45, 7) is 5.22. The molecule has 1 aliphatic heterocycles. The average molecular weight is 359 g/mol. The average Bonchev–Trinajstić information content (AvgIpc) is 2.89. The molecule has 0 radical (unpaired) electrons. The highest BCUT2D eigenvalue weighted by atomic mass is 79.9. The van der Waals surface area contributed by atoms with Gasteiger partial charge in [0.15, 0.2) is 0 Å². The fourth-order valence-corrected chi connectivity index (χ4v) is 4.76. The molecule has 1 aromatic heterocycles. The summed E-state index contributed by atoms with van der Waals surface area (Å²) < 4.78 is 7.12. The van der Waals surface area contributed by atoms with Crippen molar-refractivity contribution in [3.63, 3.8) is 0 Å². The Hall–Kier alpha value is 0.0600. The summed E-state index contributed by atoms with van der Waals surface area (Å²) in [6, 6.07) is 2.87. The van der Waals surface area contributed by atoms with Crippen molar-refractivity contribution in [1.29, 1.82) is 0 Å². The molecule has 2 fully saturated rings. The molecule has 2 atom stereocenters. The molecule has 3 nitrogen and oxygen atoms in total. The molecule has 0 spiro atoms. The third-order valence-electron chi connectivity index (χ3n) is 4.34. The van der Waals surface area contributed by atoms with Crippen molar-refractivity contribution >= 4 is 27.3 Å². The molecule has 0 amide bonds. The Morgan fingerprint density at radius 3 is 3.15 bits per heavy atom. The number of rotatable bonds is 5. The summed E-state index contributed by atoms with van der Waals surface area (Å²) in [6.07, 6.45) is 5.81. The first kappa shape index (κ1) is 15.0. The van der Waals surface area contributed by atoms with Crippen LogP contribution in [0.4, 0.5) is 0 Å². The smallest absolute Gasteiger partial charge is 0.0730 e. The molecule has 0 bridgehead atoms. The van der Waals surface area contributed by atoms with Gasteiger partial charge in [-0.05, 0) is 34.8 Å². The van der Waals surface area contributed by atoms with E-state index in [1.165, 1.54) is 35.0 Å². The summed E-state index contributed by atoms with van der Waals surface area (Å²) in [7, 11) is 0. The summed E-state index contributed by atoms with van der Waals surface area (Å²) in [5, 5.41) is 5.71. The lowest BCUT2D eigenvalue weighted by atomic mass is 9.90. The third kappa shape index (κ3) is 3.83. The van der Waals surface area contributed by atoms with Crippen LogP contribution in [-0.2, 0) is 11.3 Å². The van der Waals surface area contributed by atoms with Crippen LogP contribution in [-0.4, -0.2) is 43.3 Å². The van der Waals surface area contributed by atoms with Gasteiger partial charge in [-0.1, -0.05) is 12.8 Å². The fourth-order valence-electron chi connectivity index (χ4n) is 3.33. The Balaban J connectivity index is 1.41. The van der Waals surface area contributed by atoms with Gasteiger partial charge in [0.05, 0.1) is 12.7 Å². The van der Waals surface area contributed by atoms with Crippen molar-refractivity contribution < 1.29 is 4.74 Å². The molecule has 2 aliphatic rings. The van der Waals surface area contributed by atoms with E-state index in [1.807, 2.05) is 11.3 Å². The van der Waals surface area contributed by atoms with Crippen LogP contribution in [0.2, 0.25) is 0 Å². The molecule has 2 heterocycles. The Morgan fingerprint density at radius 2 is 2.30 bits per heavy atom. The van der Waals surface area contributed by atoms with E-state index in [1.54, 1.807) is 0 Å². The minimum absolute atomic E-state index is 0.505. The molecular weight excluding hydrogens is 336 g/mol. The van der Waals surface area contributed by atoms with Crippen molar-refractivity contribution in [2.75, 3.05) is 26.2 Å². The van der Waals surface area contributed by atoms with Crippen LogP contribution in [0.1, 0.15) is 30.6 Å². The van der Waals surface area contributed by atoms with Crippen LogP contribution >= 0.6 is 27.3 Å². The van der Waals surface area contributed by atoms with Crippen molar-refractivity contribution in [3.8, 4) is 0 Å². The first-order chi connectivity index (χ1) is 9.83. The molecule has 1 saturated carbocycles. The van der Waals surface area contributed by atoms with Gasteiger partial charge in [0.2, 0.25) is 0 Å². The van der Waals surface area contributed by atoms with Gasteiger partial charge < -0.3 is 10.1 Å². The first-order valence-electron chi connectivity index (χ1n) is 7.62. The van der Waals surface area contributed by atoms with Crippen LogP contribution < -0.4 is 5.32 Å². The summed E-state index contributed by atoms with van der Waals surface area (Å²) in [4.78, 5) is 4.04. The molecule has 5 heteroatoms. The molecule has 1 aliphatic carbocycles. The van der Waals surface area contributed by atoms with E-state index in [0.717, 1.165) is 32.8 Å². The lowest BCUT2D eigenvalue weighted by Crippen LogP contribution is -2.54. The maximum Gasteiger partial charge on any atom is 0.0730 e. The van der Waals surface area contributed by atoms with E-state index in [9.17, 15) is 0 Å². The molecule has 3 rings (SSSR count). The lowest BCUT2D eigenvalue weighted by molar-refractivity contribution is -0.0873. The molecular formula is C15H23BrN2OS. The topological polar surface area (TPSA) is 24.5 Å². The number of ether oxygens (including phenoxy) is 1. The summed E-state index contributed by atoms with van der Waals surface area (Å²) in [5.74, 6) is 0. The zero-order valence-electron chi connectivity index (χ0n) is 11.8. The van der Waals surface area contributed by atoms with Crippen molar-refractivity contribution in [2.45, 2.75) is 44.4 Å². The van der Waals surface area contributed by atoms with E-state index < -0.39 is 0 Å². The minimum atomic E-state index is 0.505. The number of fused-ring (bicyclic) bond motifs is 1. The van der Waals surface area contributed by atoms with Gasteiger partial charge in [0, 0.05) is 47.0 Å². The predicted octanol–water partition coefficient (Wildman–Crippen LogP) is 3.24. The monoisotopic (exact) mass is 358 g/mol. The number of morpholine rings is 1. The highest BCUT2D eigenvalue weighted by molar-refractivity contribution is 9.10. The van der Waals surface area contributed by atoms with Gasteiger partial charge in [-0.25, -0.2) is 0 Å². The fraction of sp³-hybridized carbons (Fsp3) is 0.733. The van der Waals surface area contributed by atoms with Gasteiger partial charge in [-0.15, -0.1) is 11.3 Å². The zero-order valence-corrected chi connectivity index (χ0v) is 14.2. The first-order valence-corrected chi connectivity index (χ1v) is 9.29. The van der Waals surface area contributed by atoms with Crippen molar-refractivity contribution in [2.24, 2.45) is 0 Å². The Labute approximate surface area is 133 Å². The number of nitrogens with one attached hydrogen (secondary N) is 1. The van der Waals surface area contributed by atoms with E-state index in [4.69, 9.17) is 4.74 Å². The second kappa shape index (κ2) is 7.36. The SMILES string of the molecule is Brc1csc(CNCCN2CCOC3CCCCC32)c1. The second-order valence-electron chi connectivity index (χ2n) is 5.71. The number of hydrogen-bond acceptors (Lipinski definition) is 4. The van der Waals surface area contributed by atoms with E-state index in [0.29, 0.717) is 12.1 Å². The Morgan fingerprint density at radius 1 is 1.40 bits per heavy atom.